The molecule has 7 nitrogen and oxygen atoms in total. The molecule has 6 atom stereocenters. The molecule has 3 heterocycles. The number of carbonyl (C=O) groups excluding carboxylic acids is 3. The van der Waals surface area contributed by atoms with Gasteiger partial charge in [0.2, 0.25) is 17.7 Å². The minimum Gasteiger partial charge on any atom is -0.396 e. The van der Waals surface area contributed by atoms with Crippen molar-refractivity contribution in [1.29, 1.82) is 0 Å². The maximum Gasteiger partial charge on any atom is 0.248 e. The van der Waals surface area contributed by atoms with Gasteiger partial charge in [0.25, 0.3) is 0 Å². The van der Waals surface area contributed by atoms with Gasteiger partial charge in [-0.05, 0) is 62.6 Å². The lowest BCUT2D eigenvalue weighted by atomic mass is 9.66. The number of nitrogens with zero attached hydrogens (tertiary/aromatic N) is 1. The Morgan fingerprint density at radius 3 is 2.71 bits per heavy atom. The van der Waals surface area contributed by atoms with E-state index in [0.29, 0.717) is 25.9 Å². The molecule has 0 aliphatic carbocycles. The summed E-state index contributed by atoms with van der Waals surface area (Å²) in [6.45, 7) is 9.13. The lowest BCUT2D eigenvalue weighted by molar-refractivity contribution is -0.139. The standard InChI is InChI=1S/C26H37N3O4S/c1-5-10-27-23(31)20-19-14-17(4)26(34-19)21(20)25(33)29(11-6-7-12-30)22(26)24(32)28-18-13-15(2)8-9-16(18)3/h8-9,13,17,19-22,30H,5-7,10-12,14H2,1-4H3,(H,27,31)(H,28,32)/t17?,19-,20+,21-,22?,26?/m0/s1. The first-order chi connectivity index (χ1) is 16.3. The van der Waals surface area contributed by atoms with Crippen molar-refractivity contribution < 1.29 is 19.5 Å². The smallest absolute Gasteiger partial charge is 0.248 e. The number of aliphatic hydroxyl groups is 1. The van der Waals surface area contributed by atoms with Crippen LogP contribution >= 0.6 is 11.8 Å². The Hall–Kier alpha value is -2.06. The summed E-state index contributed by atoms with van der Waals surface area (Å²) < 4.78 is -0.614. The summed E-state index contributed by atoms with van der Waals surface area (Å²) in [5.74, 6) is -1.08. The maximum absolute atomic E-state index is 13.9. The molecule has 3 N–H and O–H groups in total. The quantitative estimate of drug-likeness (QED) is 0.465. The number of likely N-dealkylation sites (tertiary alicyclic amines) is 1. The molecule has 3 fully saturated rings. The van der Waals surface area contributed by atoms with Gasteiger partial charge in [-0.2, -0.15) is 0 Å². The largest absolute Gasteiger partial charge is 0.396 e. The Morgan fingerprint density at radius 1 is 1.24 bits per heavy atom. The van der Waals surface area contributed by atoms with Gasteiger partial charge in [0.15, 0.2) is 0 Å². The van der Waals surface area contributed by atoms with Crippen molar-refractivity contribution in [3.05, 3.63) is 29.3 Å². The van der Waals surface area contributed by atoms with Crippen LogP contribution in [-0.4, -0.2) is 63.5 Å². The number of unbranched alkanes of at least 4 members (excludes halogenated alkanes) is 1. The molecule has 3 aliphatic rings. The lowest BCUT2D eigenvalue weighted by Crippen LogP contribution is -2.55. The first-order valence-electron chi connectivity index (χ1n) is 12.5. The topological polar surface area (TPSA) is 98.7 Å². The second-order valence-corrected chi connectivity index (χ2v) is 11.7. The molecule has 34 heavy (non-hydrogen) atoms. The van der Waals surface area contributed by atoms with E-state index in [-0.39, 0.29) is 35.5 Å². The van der Waals surface area contributed by atoms with Crippen molar-refractivity contribution >= 4 is 35.2 Å². The van der Waals surface area contributed by atoms with Crippen molar-refractivity contribution in [3.8, 4) is 0 Å². The monoisotopic (exact) mass is 487 g/mol. The number of carbonyl (C=O) groups is 3. The van der Waals surface area contributed by atoms with Crippen molar-refractivity contribution in [1.82, 2.24) is 10.2 Å². The first kappa shape index (κ1) is 25.0. The average Bonchev–Trinajstić information content (AvgIpc) is 3.38. The molecule has 3 saturated heterocycles. The van der Waals surface area contributed by atoms with Gasteiger partial charge in [0, 0.05) is 30.6 Å². The van der Waals surface area contributed by atoms with Crippen LogP contribution < -0.4 is 10.6 Å². The zero-order valence-electron chi connectivity index (χ0n) is 20.6. The van der Waals surface area contributed by atoms with E-state index in [9.17, 15) is 19.5 Å². The summed E-state index contributed by atoms with van der Waals surface area (Å²) in [5, 5.41) is 15.5. The van der Waals surface area contributed by atoms with E-state index in [1.54, 1.807) is 16.7 Å². The van der Waals surface area contributed by atoms with E-state index >= 15 is 0 Å². The second kappa shape index (κ2) is 9.90. The normalized spacial score (nSPS) is 31.6. The third kappa shape index (κ3) is 4.02. The molecular formula is C26H37N3O4S. The number of hydrogen-bond donors (Lipinski definition) is 3. The van der Waals surface area contributed by atoms with E-state index in [1.165, 1.54) is 0 Å². The Labute approximate surface area is 206 Å². The second-order valence-electron chi connectivity index (χ2n) is 10.1. The number of hydrogen-bond acceptors (Lipinski definition) is 5. The third-order valence-corrected chi connectivity index (χ3v) is 9.88. The maximum atomic E-state index is 13.9. The zero-order chi connectivity index (χ0) is 24.6. The van der Waals surface area contributed by atoms with Crippen molar-refractivity contribution in [3.63, 3.8) is 0 Å². The number of fused-ring (bicyclic) bond motifs is 1. The van der Waals surface area contributed by atoms with Crippen molar-refractivity contribution in [2.75, 3.05) is 25.0 Å². The number of benzene rings is 1. The van der Waals surface area contributed by atoms with Crippen molar-refractivity contribution in [2.24, 2.45) is 17.8 Å². The fourth-order valence-electron chi connectivity index (χ4n) is 6.19. The Kier molecular flexibility index (Phi) is 7.29. The molecule has 0 radical (unpaired) electrons. The van der Waals surface area contributed by atoms with Gasteiger partial charge in [-0.3, -0.25) is 14.4 Å². The Bertz CT molecular complexity index is 969. The highest BCUT2D eigenvalue weighted by Gasteiger charge is 2.75. The number of aryl methyl sites for hydroxylation is 2. The molecule has 4 rings (SSSR count). The summed E-state index contributed by atoms with van der Waals surface area (Å²) in [6, 6.07) is 5.31. The van der Waals surface area contributed by atoms with Gasteiger partial charge >= 0.3 is 0 Å². The fraction of sp³-hybridized carbons (Fsp3) is 0.654. The molecule has 3 amide bonds. The van der Waals surface area contributed by atoms with Crippen LogP contribution in [0.2, 0.25) is 0 Å². The molecule has 2 bridgehead atoms. The molecule has 1 spiro atoms. The number of aliphatic hydroxyl groups excluding tert-OH is 1. The summed E-state index contributed by atoms with van der Waals surface area (Å²) in [7, 11) is 0. The lowest BCUT2D eigenvalue weighted by Gasteiger charge is -2.38. The van der Waals surface area contributed by atoms with Crippen LogP contribution in [0.15, 0.2) is 18.2 Å². The number of rotatable bonds is 9. The Morgan fingerprint density at radius 2 is 2.00 bits per heavy atom. The highest BCUT2D eigenvalue weighted by molar-refractivity contribution is 8.02. The van der Waals surface area contributed by atoms with E-state index in [0.717, 1.165) is 29.7 Å². The number of amides is 3. The molecule has 3 unspecified atom stereocenters. The molecule has 0 saturated carbocycles. The third-order valence-electron chi connectivity index (χ3n) is 7.80. The summed E-state index contributed by atoms with van der Waals surface area (Å²) in [4.78, 5) is 42.7. The molecule has 8 heteroatoms. The number of nitrogens with one attached hydrogen (secondary N) is 2. The van der Waals surface area contributed by atoms with Gasteiger partial charge in [0.1, 0.15) is 6.04 Å². The van der Waals surface area contributed by atoms with Crippen molar-refractivity contribution in [2.45, 2.75) is 69.4 Å². The van der Waals surface area contributed by atoms with Crippen LogP contribution in [0.1, 0.15) is 50.7 Å². The van der Waals surface area contributed by atoms with Gasteiger partial charge in [-0.15, -0.1) is 11.8 Å². The Balaban J connectivity index is 1.70. The molecule has 1 aromatic carbocycles. The molecule has 3 aliphatic heterocycles. The van der Waals surface area contributed by atoms with Gasteiger partial charge in [0.05, 0.1) is 16.6 Å². The van der Waals surface area contributed by atoms with Crippen LogP contribution in [0.25, 0.3) is 0 Å². The summed E-state index contributed by atoms with van der Waals surface area (Å²) in [5.41, 5.74) is 2.78. The van der Waals surface area contributed by atoms with E-state index < -0.39 is 22.6 Å². The summed E-state index contributed by atoms with van der Waals surface area (Å²) in [6.07, 6.45) is 2.85. The van der Waals surface area contributed by atoms with Crippen LogP contribution in [-0.2, 0) is 14.4 Å². The number of thioether (sulfide) groups is 1. The van der Waals surface area contributed by atoms with Crippen LogP contribution in [0.4, 0.5) is 5.69 Å². The first-order valence-corrected chi connectivity index (χ1v) is 13.4. The SMILES string of the molecule is CCCNC(=O)[C@@H]1[C@@H]2CC(C)C3(S2)C(C(=O)Nc2cc(C)ccc2C)N(CCCCO)C(=O)[C@H]13. The minimum atomic E-state index is -0.641. The average molecular weight is 488 g/mol. The minimum absolute atomic E-state index is 0.0469. The van der Waals surface area contributed by atoms with E-state index in [1.807, 2.05) is 39.0 Å². The van der Waals surface area contributed by atoms with Gasteiger partial charge in [-0.1, -0.05) is 26.0 Å². The molecular weight excluding hydrogens is 450 g/mol. The zero-order valence-corrected chi connectivity index (χ0v) is 21.4. The highest BCUT2D eigenvalue weighted by atomic mass is 32.2. The number of anilines is 1. The molecule has 186 valence electrons. The van der Waals surface area contributed by atoms with Crippen LogP contribution in [0.3, 0.4) is 0 Å². The molecule has 0 aromatic heterocycles. The van der Waals surface area contributed by atoms with E-state index in [2.05, 4.69) is 17.6 Å². The fourth-order valence-corrected chi connectivity index (χ4v) is 8.61. The van der Waals surface area contributed by atoms with Gasteiger partial charge < -0.3 is 20.6 Å². The molecule has 1 aromatic rings. The van der Waals surface area contributed by atoms with Gasteiger partial charge in [-0.25, -0.2) is 0 Å². The predicted molar refractivity (Wildman–Crippen MR) is 135 cm³/mol. The summed E-state index contributed by atoms with van der Waals surface area (Å²) >= 11 is 1.70. The highest BCUT2D eigenvalue weighted by Crippen LogP contribution is 2.68. The predicted octanol–water partition coefficient (Wildman–Crippen LogP) is 2.88. The van der Waals surface area contributed by atoms with E-state index in [4.69, 9.17) is 0 Å². The van der Waals surface area contributed by atoms with Crippen LogP contribution in [0, 0.1) is 31.6 Å². The van der Waals surface area contributed by atoms with Crippen LogP contribution in [0.5, 0.6) is 0 Å².